The molecule has 1 aromatic heterocycles. The molecule has 5 heteroatoms. The number of nitrogens with zero attached hydrogens (tertiary/aromatic N) is 2. The van der Waals surface area contributed by atoms with Gasteiger partial charge in [-0.15, -0.1) is 0 Å². The van der Waals surface area contributed by atoms with Crippen molar-refractivity contribution in [1.29, 1.82) is 5.26 Å². The lowest BCUT2D eigenvalue weighted by Gasteiger charge is -2.07. The Morgan fingerprint density at radius 3 is 2.11 bits per heavy atom. The van der Waals surface area contributed by atoms with E-state index < -0.39 is 11.7 Å². The number of alkyl halides is 3. The fraction of sp³-hybridized carbons (Fsp3) is 0.143. The summed E-state index contributed by atoms with van der Waals surface area (Å²) in [4.78, 5) is 4.07. The maximum atomic E-state index is 12.4. The molecule has 0 amide bonds. The van der Waals surface area contributed by atoms with E-state index in [4.69, 9.17) is 5.26 Å². The molecular weight excluding hydrogens is 253 g/mol. The van der Waals surface area contributed by atoms with Crippen LogP contribution in [0.25, 0.3) is 11.1 Å². The minimum Gasteiger partial charge on any atom is -0.260 e. The standard InChI is InChI=1S/C14H9F3N2/c15-14(16,17)12-4-1-10(2-5-12)11-3-6-13(7-8-18)19-9-11/h1-6,9H,7H2. The number of rotatable bonds is 2. The zero-order valence-corrected chi connectivity index (χ0v) is 9.78. The van der Waals surface area contributed by atoms with Gasteiger partial charge in [-0.1, -0.05) is 18.2 Å². The van der Waals surface area contributed by atoms with E-state index in [-0.39, 0.29) is 6.42 Å². The molecule has 0 unspecified atom stereocenters. The Balaban J connectivity index is 2.25. The number of pyridine rings is 1. The highest BCUT2D eigenvalue weighted by Crippen LogP contribution is 2.30. The molecule has 0 fully saturated rings. The van der Waals surface area contributed by atoms with Crippen LogP contribution in [0.5, 0.6) is 0 Å². The van der Waals surface area contributed by atoms with Crippen molar-refractivity contribution < 1.29 is 13.2 Å². The van der Waals surface area contributed by atoms with Crippen LogP contribution >= 0.6 is 0 Å². The Morgan fingerprint density at radius 1 is 1.00 bits per heavy atom. The summed E-state index contributed by atoms with van der Waals surface area (Å²) in [6.45, 7) is 0. The van der Waals surface area contributed by atoms with Crippen molar-refractivity contribution in [2.24, 2.45) is 0 Å². The molecule has 1 heterocycles. The fourth-order valence-electron chi connectivity index (χ4n) is 1.63. The molecule has 0 N–H and O–H groups in total. The number of hydrogen-bond acceptors (Lipinski definition) is 2. The first-order valence-electron chi connectivity index (χ1n) is 5.50. The molecule has 2 rings (SSSR count). The predicted octanol–water partition coefficient (Wildman–Crippen LogP) is 3.83. The molecule has 19 heavy (non-hydrogen) atoms. The van der Waals surface area contributed by atoms with Crippen LogP contribution in [0.15, 0.2) is 42.6 Å². The molecule has 0 atom stereocenters. The highest BCUT2D eigenvalue weighted by atomic mass is 19.4. The summed E-state index contributed by atoms with van der Waals surface area (Å²) in [6, 6.07) is 10.3. The van der Waals surface area contributed by atoms with Crippen molar-refractivity contribution in [2.75, 3.05) is 0 Å². The first-order valence-corrected chi connectivity index (χ1v) is 5.50. The number of aromatic nitrogens is 1. The zero-order chi connectivity index (χ0) is 13.9. The smallest absolute Gasteiger partial charge is 0.260 e. The van der Waals surface area contributed by atoms with Gasteiger partial charge >= 0.3 is 6.18 Å². The fourth-order valence-corrected chi connectivity index (χ4v) is 1.63. The summed E-state index contributed by atoms with van der Waals surface area (Å²) in [6.07, 6.45) is -2.56. The highest BCUT2D eigenvalue weighted by molar-refractivity contribution is 5.62. The lowest BCUT2D eigenvalue weighted by Crippen LogP contribution is -2.04. The minimum absolute atomic E-state index is 0.216. The predicted molar refractivity (Wildman–Crippen MR) is 64.0 cm³/mol. The van der Waals surface area contributed by atoms with Gasteiger partial charge in [-0.3, -0.25) is 4.98 Å². The number of nitriles is 1. The van der Waals surface area contributed by atoms with E-state index in [2.05, 4.69) is 4.98 Å². The molecule has 0 radical (unpaired) electrons. The third kappa shape index (κ3) is 3.10. The maximum absolute atomic E-state index is 12.4. The molecule has 0 bridgehead atoms. The van der Waals surface area contributed by atoms with Crippen molar-refractivity contribution >= 4 is 0 Å². The molecule has 96 valence electrons. The molecule has 2 nitrogen and oxygen atoms in total. The normalized spacial score (nSPS) is 11.1. The van der Waals surface area contributed by atoms with E-state index in [1.807, 2.05) is 6.07 Å². The van der Waals surface area contributed by atoms with E-state index >= 15 is 0 Å². The summed E-state index contributed by atoms with van der Waals surface area (Å²) < 4.78 is 37.3. The number of benzene rings is 1. The van der Waals surface area contributed by atoms with Gasteiger partial charge in [0.15, 0.2) is 0 Å². The molecule has 0 saturated carbocycles. The van der Waals surface area contributed by atoms with Crippen LogP contribution in [0.4, 0.5) is 13.2 Å². The Kier molecular flexibility index (Phi) is 3.52. The van der Waals surface area contributed by atoms with Gasteiger partial charge in [0.05, 0.1) is 23.7 Å². The molecule has 1 aromatic carbocycles. The van der Waals surface area contributed by atoms with Crippen molar-refractivity contribution in [1.82, 2.24) is 4.98 Å². The SMILES string of the molecule is N#CCc1ccc(-c2ccc(C(F)(F)F)cc2)cn1. The molecule has 0 saturated heterocycles. The first kappa shape index (κ1) is 13.1. The molecule has 0 aliphatic carbocycles. The van der Waals surface area contributed by atoms with Gasteiger partial charge in [0.25, 0.3) is 0 Å². The monoisotopic (exact) mass is 262 g/mol. The summed E-state index contributed by atoms with van der Waals surface area (Å²) in [5.41, 5.74) is 1.34. The molecule has 0 aliphatic rings. The van der Waals surface area contributed by atoms with E-state index in [1.54, 1.807) is 18.3 Å². The lowest BCUT2D eigenvalue weighted by atomic mass is 10.0. The maximum Gasteiger partial charge on any atom is 0.416 e. The van der Waals surface area contributed by atoms with Crippen LogP contribution in [0.2, 0.25) is 0 Å². The van der Waals surface area contributed by atoms with Crippen LogP contribution < -0.4 is 0 Å². The second-order valence-electron chi connectivity index (χ2n) is 3.95. The quantitative estimate of drug-likeness (QED) is 0.824. The Morgan fingerprint density at radius 2 is 1.63 bits per heavy atom. The topological polar surface area (TPSA) is 36.7 Å². The summed E-state index contributed by atoms with van der Waals surface area (Å²) in [5.74, 6) is 0. The second kappa shape index (κ2) is 5.11. The van der Waals surface area contributed by atoms with Gasteiger partial charge in [0.1, 0.15) is 0 Å². The van der Waals surface area contributed by atoms with Crippen molar-refractivity contribution in [2.45, 2.75) is 12.6 Å². The van der Waals surface area contributed by atoms with E-state index in [9.17, 15) is 13.2 Å². The average Bonchev–Trinajstić information content (AvgIpc) is 2.39. The van der Waals surface area contributed by atoms with E-state index in [1.165, 1.54) is 12.1 Å². The van der Waals surface area contributed by atoms with Crippen LogP contribution in [-0.4, -0.2) is 4.98 Å². The van der Waals surface area contributed by atoms with Gasteiger partial charge in [-0.25, -0.2) is 0 Å². The van der Waals surface area contributed by atoms with Crippen LogP contribution in [0.1, 0.15) is 11.3 Å². The molecule has 0 spiro atoms. The van der Waals surface area contributed by atoms with E-state index in [0.717, 1.165) is 17.7 Å². The van der Waals surface area contributed by atoms with Gasteiger partial charge in [0, 0.05) is 11.8 Å². The Bertz CT molecular complexity index is 593. The second-order valence-corrected chi connectivity index (χ2v) is 3.95. The Hall–Kier alpha value is -2.35. The summed E-state index contributed by atoms with van der Waals surface area (Å²) in [5, 5.41) is 8.52. The van der Waals surface area contributed by atoms with Gasteiger partial charge in [0.2, 0.25) is 0 Å². The van der Waals surface area contributed by atoms with Gasteiger partial charge in [-0.2, -0.15) is 18.4 Å². The van der Waals surface area contributed by atoms with Crippen molar-refractivity contribution in [3.63, 3.8) is 0 Å². The summed E-state index contributed by atoms with van der Waals surface area (Å²) >= 11 is 0. The largest absolute Gasteiger partial charge is 0.416 e. The highest BCUT2D eigenvalue weighted by Gasteiger charge is 2.29. The zero-order valence-electron chi connectivity index (χ0n) is 9.78. The van der Waals surface area contributed by atoms with Crippen LogP contribution in [0.3, 0.4) is 0 Å². The van der Waals surface area contributed by atoms with Crippen LogP contribution in [0, 0.1) is 11.3 Å². The van der Waals surface area contributed by atoms with Gasteiger partial charge < -0.3 is 0 Å². The molecular formula is C14H9F3N2. The van der Waals surface area contributed by atoms with E-state index in [0.29, 0.717) is 11.3 Å². The lowest BCUT2D eigenvalue weighted by molar-refractivity contribution is -0.137. The van der Waals surface area contributed by atoms with Gasteiger partial charge in [-0.05, 0) is 23.8 Å². The summed E-state index contributed by atoms with van der Waals surface area (Å²) in [7, 11) is 0. The third-order valence-electron chi connectivity index (χ3n) is 2.63. The number of halogens is 3. The Labute approximate surface area is 108 Å². The number of hydrogen-bond donors (Lipinski definition) is 0. The minimum atomic E-state index is -4.33. The first-order chi connectivity index (χ1) is 9.00. The molecule has 0 aliphatic heterocycles. The molecule has 2 aromatic rings. The average molecular weight is 262 g/mol. The van der Waals surface area contributed by atoms with Crippen molar-refractivity contribution in [3.05, 3.63) is 53.9 Å². The third-order valence-corrected chi connectivity index (χ3v) is 2.63. The van der Waals surface area contributed by atoms with Crippen molar-refractivity contribution in [3.8, 4) is 17.2 Å². The van der Waals surface area contributed by atoms with Crippen LogP contribution in [-0.2, 0) is 12.6 Å².